The van der Waals surface area contributed by atoms with E-state index in [9.17, 15) is 4.79 Å². The SMILES string of the molecule is Cc1ccc(C(=O)N2CCC(c3nc4ccccc4s3)CC2)c(C)n1. The Morgan fingerprint density at radius 1 is 1.08 bits per heavy atom. The average Bonchev–Trinajstić information content (AvgIpc) is 3.05. The topological polar surface area (TPSA) is 46.1 Å². The van der Waals surface area contributed by atoms with E-state index >= 15 is 0 Å². The summed E-state index contributed by atoms with van der Waals surface area (Å²) < 4.78 is 1.25. The highest BCUT2D eigenvalue weighted by atomic mass is 32.1. The van der Waals surface area contributed by atoms with Crippen molar-refractivity contribution in [3.8, 4) is 0 Å². The Balaban J connectivity index is 1.46. The van der Waals surface area contributed by atoms with E-state index < -0.39 is 0 Å². The zero-order chi connectivity index (χ0) is 17.4. The van der Waals surface area contributed by atoms with Crippen molar-refractivity contribution in [2.24, 2.45) is 0 Å². The monoisotopic (exact) mass is 351 g/mol. The first-order valence-corrected chi connectivity index (χ1v) is 9.52. The lowest BCUT2D eigenvalue weighted by Gasteiger charge is -2.31. The van der Waals surface area contributed by atoms with Crippen LogP contribution in [0.4, 0.5) is 0 Å². The van der Waals surface area contributed by atoms with Crippen LogP contribution in [0.15, 0.2) is 36.4 Å². The number of hydrogen-bond donors (Lipinski definition) is 0. The Bertz CT molecular complexity index is 893. The number of nitrogens with zero attached hydrogens (tertiary/aromatic N) is 3. The molecule has 4 rings (SSSR count). The van der Waals surface area contributed by atoms with Gasteiger partial charge in [0.25, 0.3) is 5.91 Å². The molecule has 128 valence electrons. The Hall–Kier alpha value is -2.27. The van der Waals surface area contributed by atoms with Crippen LogP contribution in [0, 0.1) is 13.8 Å². The predicted octanol–water partition coefficient (Wildman–Crippen LogP) is 4.33. The lowest BCUT2D eigenvalue weighted by atomic mass is 9.97. The fourth-order valence-electron chi connectivity index (χ4n) is 3.48. The number of pyridine rings is 1. The van der Waals surface area contributed by atoms with Gasteiger partial charge in [-0.2, -0.15) is 0 Å². The van der Waals surface area contributed by atoms with E-state index in [1.807, 2.05) is 36.9 Å². The summed E-state index contributed by atoms with van der Waals surface area (Å²) in [5.74, 6) is 0.562. The van der Waals surface area contributed by atoms with Crippen LogP contribution in [0.2, 0.25) is 0 Å². The van der Waals surface area contributed by atoms with Crippen molar-refractivity contribution < 1.29 is 4.79 Å². The molecule has 2 aromatic heterocycles. The number of benzene rings is 1. The summed E-state index contributed by atoms with van der Waals surface area (Å²) in [5.41, 5.74) is 3.58. The molecule has 1 fully saturated rings. The van der Waals surface area contributed by atoms with Crippen LogP contribution in [0.5, 0.6) is 0 Å². The van der Waals surface area contributed by atoms with Gasteiger partial charge in [-0.3, -0.25) is 9.78 Å². The van der Waals surface area contributed by atoms with Gasteiger partial charge in [0.1, 0.15) is 0 Å². The van der Waals surface area contributed by atoms with E-state index in [2.05, 4.69) is 23.2 Å². The molecule has 1 saturated heterocycles. The van der Waals surface area contributed by atoms with Crippen molar-refractivity contribution in [2.45, 2.75) is 32.6 Å². The van der Waals surface area contributed by atoms with Crippen molar-refractivity contribution >= 4 is 27.5 Å². The molecule has 3 aromatic rings. The summed E-state index contributed by atoms with van der Waals surface area (Å²) in [6, 6.07) is 12.1. The van der Waals surface area contributed by atoms with Gasteiger partial charge in [-0.1, -0.05) is 12.1 Å². The number of aromatic nitrogens is 2. The van der Waals surface area contributed by atoms with Crippen molar-refractivity contribution in [2.75, 3.05) is 13.1 Å². The second kappa shape index (κ2) is 6.56. The maximum absolute atomic E-state index is 12.8. The van der Waals surface area contributed by atoms with Gasteiger partial charge in [0, 0.05) is 24.7 Å². The van der Waals surface area contributed by atoms with Crippen molar-refractivity contribution in [3.05, 3.63) is 58.4 Å². The number of carbonyl (C=O) groups is 1. The molecule has 1 amide bonds. The van der Waals surface area contributed by atoms with E-state index in [1.54, 1.807) is 11.3 Å². The normalized spacial score (nSPS) is 15.7. The summed E-state index contributed by atoms with van der Waals surface area (Å²) in [6.07, 6.45) is 1.95. The number of aryl methyl sites for hydroxylation is 2. The van der Waals surface area contributed by atoms with Crippen LogP contribution in [0.1, 0.15) is 45.5 Å². The van der Waals surface area contributed by atoms with Crippen LogP contribution in [-0.4, -0.2) is 33.9 Å². The smallest absolute Gasteiger partial charge is 0.255 e. The van der Waals surface area contributed by atoms with Crippen LogP contribution in [0.25, 0.3) is 10.2 Å². The Morgan fingerprint density at radius 3 is 2.56 bits per heavy atom. The minimum absolute atomic E-state index is 0.104. The Kier molecular flexibility index (Phi) is 4.25. The van der Waals surface area contributed by atoms with Gasteiger partial charge in [0.2, 0.25) is 0 Å². The number of thiazole rings is 1. The standard InChI is InChI=1S/C20H21N3OS/c1-13-7-8-16(14(2)21-13)20(24)23-11-9-15(10-12-23)19-22-17-5-3-4-6-18(17)25-19/h3-8,15H,9-12H2,1-2H3. The fourth-order valence-corrected chi connectivity index (χ4v) is 4.61. The van der Waals surface area contributed by atoms with Crippen LogP contribution in [-0.2, 0) is 0 Å². The molecule has 0 saturated carbocycles. The molecular weight excluding hydrogens is 330 g/mol. The zero-order valence-corrected chi connectivity index (χ0v) is 15.3. The molecule has 5 heteroatoms. The van der Waals surface area contributed by atoms with Gasteiger partial charge < -0.3 is 4.90 Å². The molecule has 0 N–H and O–H groups in total. The fraction of sp³-hybridized carbons (Fsp3) is 0.350. The third-order valence-electron chi connectivity index (χ3n) is 4.90. The second-order valence-corrected chi connectivity index (χ2v) is 7.73. The van der Waals surface area contributed by atoms with Crippen LogP contribution in [0.3, 0.4) is 0 Å². The molecule has 1 aromatic carbocycles. The summed E-state index contributed by atoms with van der Waals surface area (Å²) >= 11 is 1.79. The lowest BCUT2D eigenvalue weighted by Crippen LogP contribution is -2.38. The first-order chi connectivity index (χ1) is 12.1. The number of carbonyl (C=O) groups excluding carboxylic acids is 1. The zero-order valence-electron chi connectivity index (χ0n) is 14.5. The number of likely N-dealkylation sites (tertiary alicyclic amines) is 1. The van der Waals surface area contributed by atoms with Crippen molar-refractivity contribution in [1.29, 1.82) is 0 Å². The number of hydrogen-bond acceptors (Lipinski definition) is 4. The Labute approximate surface area is 151 Å². The van der Waals surface area contributed by atoms with Gasteiger partial charge in [-0.25, -0.2) is 4.98 Å². The van der Waals surface area contributed by atoms with Crippen molar-refractivity contribution in [3.63, 3.8) is 0 Å². The first-order valence-electron chi connectivity index (χ1n) is 8.71. The van der Waals surface area contributed by atoms with E-state index in [0.29, 0.717) is 5.92 Å². The number of amides is 1. The molecule has 0 unspecified atom stereocenters. The number of piperidine rings is 1. The van der Waals surface area contributed by atoms with Gasteiger partial charge >= 0.3 is 0 Å². The molecule has 4 nitrogen and oxygen atoms in total. The Morgan fingerprint density at radius 2 is 1.84 bits per heavy atom. The van der Waals surface area contributed by atoms with Gasteiger partial charge in [0.15, 0.2) is 0 Å². The predicted molar refractivity (Wildman–Crippen MR) is 101 cm³/mol. The second-order valence-electron chi connectivity index (χ2n) is 6.67. The molecule has 0 bridgehead atoms. The van der Waals surface area contributed by atoms with E-state index in [4.69, 9.17) is 4.98 Å². The molecular formula is C20H21N3OS. The molecule has 1 aliphatic heterocycles. The highest BCUT2D eigenvalue weighted by molar-refractivity contribution is 7.18. The van der Waals surface area contributed by atoms with E-state index in [-0.39, 0.29) is 5.91 Å². The van der Waals surface area contributed by atoms with Crippen LogP contribution >= 0.6 is 11.3 Å². The molecule has 0 spiro atoms. The van der Waals surface area contributed by atoms with Gasteiger partial charge in [-0.15, -0.1) is 11.3 Å². The summed E-state index contributed by atoms with van der Waals surface area (Å²) in [4.78, 5) is 24.0. The molecule has 0 aliphatic carbocycles. The van der Waals surface area contributed by atoms with Gasteiger partial charge in [0.05, 0.1) is 26.5 Å². The maximum Gasteiger partial charge on any atom is 0.255 e. The van der Waals surface area contributed by atoms with E-state index in [1.165, 1.54) is 9.71 Å². The summed E-state index contributed by atoms with van der Waals surface area (Å²) in [5, 5.41) is 1.21. The molecule has 25 heavy (non-hydrogen) atoms. The highest BCUT2D eigenvalue weighted by Crippen LogP contribution is 2.34. The van der Waals surface area contributed by atoms with E-state index in [0.717, 1.165) is 48.4 Å². The molecule has 0 radical (unpaired) electrons. The largest absolute Gasteiger partial charge is 0.339 e. The average molecular weight is 351 g/mol. The third-order valence-corrected chi connectivity index (χ3v) is 6.10. The first kappa shape index (κ1) is 16.2. The number of fused-ring (bicyclic) bond motifs is 1. The minimum Gasteiger partial charge on any atom is -0.339 e. The maximum atomic E-state index is 12.8. The minimum atomic E-state index is 0.104. The lowest BCUT2D eigenvalue weighted by molar-refractivity contribution is 0.0711. The molecule has 0 atom stereocenters. The van der Waals surface area contributed by atoms with Crippen molar-refractivity contribution in [1.82, 2.24) is 14.9 Å². The number of para-hydroxylation sites is 1. The number of rotatable bonds is 2. The molecule has 3 heterocycles. The van der Waals surface area contributed by atoms with Crippen LogP contribution < -0.4 is 0 Å². The summed E-state index contributed by atoms with van der Waals surface area (Å²) in [7, 11) is 0. The third kappa shape index (κ3) is 3.16. The summed E-state index contributed by atoms with van der Waals surface area (Å²) in [6.45, 7) is 5.43. The highest BCUT2D eigenvalue weighted by Gasteiger charge is 2.27. The quantitative estimate of drug-likeness (QED) is 0.690. The molecule has 1 aliphatic rings. The van der Waals surface area contributed by atoms with Gasteiger partial charge in [-0.05, 0) is 51.0 Å².